The minimum absolute atomic E-state index is 0.101. The van der Waals surface area contributed by atoms with Crippen LogP contribution in [-0.4, -0.2) is 59.6 Å². The largest absolute Gasteiger partial charge is 0.443 e. The summed E-state index contributed by atoms with van der Waals surface area (Å²) in [7, 11) is 4.05. The molecule has 0 spiro atoms. The van der Waals surface area contributed by atoms with E-state index in [-0.39, 0.29) is 5.91 Å². The lowest BCUT2D eigenvalue weighted by Gasteiger charge is -2.19. The monoisotopic (exact) mass is 290 g/mol. The predicted molar refractivity (Wildman–Crippen MR) is 79.9 cm³/mol. The molecule has 1 saturated heterocycles. The van der Waals surface area contributed by atoms with Crippen LogP contribution in [0.15, 0.2) is 16.5 Å². The Kier molecular flexibility index (Phi) is 4.40. The van der Waals surface area contributed by atoms with Crippen LogP contribution in [0.1, 0.15) is 36.6 Å². The van der Waals surface area contributed by atoms with Gasteiger partial charge in [-0.2, -0.15) is 0 Å². The first kappa shape index (κ1) is 15.6. The second-order valence-corrected chi connectivity index (χ2v) is 6.13. The molecule has 5 nitrogen and oxygen atoms in total. The molecule has 0 radical (unpaired) electrons. The van der Waals surface area contributed by atoms with E-state index >= 15 is 0 Å². The molecule has 21 heavy (non-hydrogen) atoms. The molecular weight excluding hydrogens is 268 g/mol. The van der Waals surface area contributed by atoms with Gasteiger partial charge in [-0.1, -0.05) is 5.92 Å². The van der Waals surface area contributed by atoms with Gasteiger partial charge >= 0.3 is 0 Å². The highest BCUT2D eigenvalue weighted by Gasteiger charge is 2.29. The van der Waals surface area contributed by atoms with Crippen LogP contribution in [0, 0.1) is 11.8 Å². The van der Waals surface area contributed by atoms with E-state index in [0.29, 0.717) is 17.6 Å². The van der Waals surface area contributed by atoms with Crippen molar-refractivity contribution < 1.29 is 14.3 Å². The first-order valence-electron chi connectivity index (χ1n) is 7.07. The fourth-order valence-electron chi connectivity index (χ4n) is 2.24. The summed E-state index contributed by atoms with van der Waals surface area (Å²) < 4.78 is 5.46. The van der Waals surface area contributed by atoms with E-state index in [4.69, 9.17) is 4.42 Å². The highest BCUT2D eigenvalue weighted by atomic mass is 16.4. The van der Waals surface area contributed by atoms with Crippen molar-refractivity contribution in [3.8, 4) is 11.8 Å². The molecule has 1 aromatic rings. The maximum atomic E-state index is 12.3. The number of likely N-dealkylation sites (N-methyl/N-ethyl adjacent to an activating group) is 1. The predicted octanol–water partition coefficient (Wildman–Crippen LogP) is 1.18. The standard InChI is InChI=1S/C16H22N2O3/c1-16(2,20)9-7-13-5-6-14(21-13)15(19)18-10-8-12(11-18)17(3)4/h5-6,12,20H,8,10-11H2,1-4H3. The third-order valence-corrected chi connectivity index (χ3v) is 3.49. The van der Waals surface area contributed by atoms with Crippen molar-refractivity contribution in [2.75, 3.05) is 27.2 Å². The molecule has 2 heterocycles. The van der Waals surface area contributed by atoms with Crippen LogP contribution in [0.25, 0.3) is 0 Å². The molecule has 1 amide bonds. The van der Waals surface area contributed by atoms with Gasteiger partial charge in [0.25, 0.3) is 5.91 Å². The van der Waals surface area contributed by atoms with E-state index in [9.17, 15) is 9.90 Å². The number of carbonyl (C=O) groups is 1. The highest BCUT2D eigenvalue weighted by Crippen LogP contribution is 2.17. The number of furan rings is 1. The Hall–Kier alpha value is -1.77. The number of carbonyl (C=O) groups excluding carboxylic acids is 1. The molecule has 1 N–H and O–H groups in total. The van der Waals surface area contributed by atoms with E-state index in [1.807, 2.05) is 14.1 Å². The summed E-state index contributed by atoms with van der Waals surface area (Å²) in [5.41, 5.74) is -1.08. The van der Waals surface area contributed by atoms with Crippen LogP contribution in [0.4, 0.5) is 0 Å². The van der Waals surface area contributed by atoms with Crippen molar-refractivity contribution in [2.24, 2.45) is 0 Å². The van der Waals surface area contributed by atoms with Crippen molar-refractivity contribution in [1.82, 2.24) is 9.80 Å². The van der Waals surface area contributed by atoms with E-state index in [0.717, 1.165) is 19.5 Å². The van der Waals surface area contributed by atoms with Gasteiger partial charge < -0.3 is 19.3 Å². The molecule has 1 unspecified atom stereocenters. The lowest BCUT2D eigenvalue weighted by molar-refractivity contribution is 0.0751. The SMILES string of the molecule is CN(C)C1CCN(C(=O)c2ccc(C#CC(C)(C)O)o2)C1. The van der Waals surface area contributed by atoms with Gasteiger partial charge in [-0.3, -0.25) is 4.79 Å². The van der Waals surface area contributed by atoms with Crippen LogP contribution in [0.5, 0.6) is 0 Å². The molecule has 2 rings (SSSR count). The van der Waals surface area contributed by atoms with Gasteiger partial charge in [0.15, 0.2) is 11.5 Å². The number of aliphatic hydroxyl groups is 1. The summed E-state index contributed by atoms with van der Waals surface area (Å²) in [4.78, 5) is 16.3. The third-order valence-electron chi connectivity index (χ3n) is 3.49. The highest BCUT2D eigenvalue weighted by molar-refractivity contribution is 5.91. The molecule has 1 aromatic heterocycles. The number of nitrogens with zero attached hydrogens (tertiary/aromatic N) is 2. The molecule has 1 atom stereocenters. The minimum Gasteiger partial charge on any atom is -0.443 e. The zero-order valence-corrected chi connectivity index (χ0v) is 13.0. The normalized spacial score (nSPS) is 18.8. The molecule has 0 saturated carbocycles. The molecule has 1 aliphatic rings. The fraction of sp³-hybridized carbons (Fsp3) is 0.562. The number of likely N-dealkylation sites (tertiary alicyclic amines) is 1. The van der Waals surface area contributed by atoms with Crippen LogP contribution in [0.2, 0.25) is 0 Å². The van der Waals surface area contributed by atoms with Gasteiger partial charge in [0.1, 0.15) is 5.60 Å². The zero-order valence-electron chi connectivity index (χ0n) is 13.0. The van der Waals surface area contributed by atoms with E-state index in [2.05, 4.69) is 16.7 Å². The summed E-state index contributed by atoms with van der Waals surface area (Å²) in [6.45, 7) is 4.66. The Morgan fingerprint density at radius 1 is 1.48 bits per heavy atom. The fourth-order valence-corrected chi connectivity index (χ4v) is 2.24. The first-order valence-corrected chi connectivity index (χ1v) is 7.07. The maximum Gasteiger partial charge on any atom is 0.289 e. The average molecular weight is 290 g/mol. The van der Waals surface area contributed by atoms with Gasteiger partial charge in [0.2, 0.25) is 0 Å². The second-order valence-electron chi connectivity index (χ2n) is 6.13. The Bertz CT molecular complexity index is 572. The molecule has 0 aromatic carbocycles. The maximum absolute atomic E-state index is 12.3. The smallest absolute Gasteiger partial charge is 0.289 e. The van der Waals surface area contributed by atoms with Gasteiger partial charge in [0, 0.05) is 19.1 Å². The Labute approximate surface area is 125 Å². The Balaban J connectivity index is 2.04. The first-order chi connectivity index (χ1) is 9.76. The molecule has 114 valence electrons. The van der Waals surface area contributed by atoms with Crippen LogP contribution in [0.3, 0.4) is 0 Å². The lowest BCUT2D eigenvalue weighted by Crippen LogP contribution is -2.34. The molecule has 5 heteroatoms. The molecular formula is C16H22N2O3. The number of rotatable bonds is 2. The molecule has 0 bridgehead atoms. The topological polar surface area (TPSA) is 56.9 Å². The van der Waals surface area contributed by atoms with E-state index in [1.165, 1.54) is 0 Å². The van der Waals surface area contributed by atoms with Gasteiger partial charge in [0.05, 0.1) is 0 Å². The molecule has 1 fully saturated rings. The third kappa shape index (κ3) is 4.10. The van der Waals surface area contributed by atoms with Gasteiger partial charge in [-0.05, 0) is 52.4 Å². The molecule has 0 aliphatic carbocycles. The number of amides is 1. The van der Waals surface area contributed by atoms with Crippen LogP contribution < -0.4 is 0 Å². The van der Waals surface area contributed by atoms with Gasteiger partial charge in [-0.15, -0.1) is 0 Å². The number of hydrogen-bond acceptors (Lipinski definition) is 4. The van der Waals surface area contributed by atoms with Crippen molar-refractivity contribution in [3.05, 3.63) is 23.7 Å². The quantitative estimate of drug-likeness (QED) is 0.831. The van der Waals surface area contributed by atoms with Crippen molar-refractivity contribution in [2.45, 2.75) is 31.9 Å². The summed E-state index contributed by atoms with van der Waals surface area (Å²) in [5.74, 6) is 5.99. The Morgan fingerprint density at radius 3 is 2.76 bits per heavy atom. The second kappa shape index (κ2) is 5.92. The summed E-state index contributed by atoms with van der Waals surface area (Å²) in [6.07, 6.45) is 0.977. The van der Waals surface area contributed by atoms with E-state index in [1.54, 1.807) is 30.9 Å². The zero-order chi connectivity index (χ0) is 15.6. The van der Waals surface area contributed by atoms with Crippen molar-refractivity contribution in [1.29, 1.82) is 0 Å². The minimum atomic E-state index is -1.08. The summed E-state index contributed by atoms with van der Waals surface area (Å²) >= 11 is 0. The molecule has 1 aliphatic heterocycles. The average Bonchev–Trinajstić information content (AvgIpc) is 3.04. The van der Waals surface area contributed by atoms with Crippen LogP contribution >= 0.6 is 0 Å². The lowest BCUT2D eigenvalue weighted by atomic mass is 10.1. The Morgan fingerprint density at radius 2 is 2.19 bits per heavy atom. The summed E-state index contributed by atoms with van der Waals surface area (Å²) in [6, 6.07) is 3.70. The van der Waals surface area contributed by atoms with Crippen molar-refractivity contribution >= 4 is 5.91 Å². The summed E-state index contributed by atoms with van der Waals surface area (Å²) in [5, 5.41) is 9.55. The van der Waals surface area contributed by atoms with E-state index < -0.39 is 5.60 Å². The number of hydrogen-bond donors (Lipinski definition) is 1. The van der Waals surface area contributed by atoms with Gasteiger partial charge in [-0.25, -0.2) is 0 Å². The van der Waals surface area contributed by atoms with Crippen molar-refractivity contribution in [3.63, 3.8) is 0 Å². The van der Waals surface area contributed by atoms with Crippen LogP contribution in [-0.2, 0) is 0 Å².